The molecule has 18 heavy (non-hydrogen) atoms. The second-order valence-corrected chi connectivity index (χ2v) is 4.40. The van der Waals surface area contributed by atoms with Crippen molar-refractivity contribution in [3.63, 3.8) is 0 Å². The maximum Gasteiger partial charge on any atom is 0.128 e. The second-order valence-electron chi connectivity index (χ2n) is 4.40. The summed E-state index contributed by atoms with van der Waals surface area (Å²) in [6, 6.07) is 14.5. The highest BCUT2D eigenvalue weighted by atomic mass is 15.2. The molecule has 0 aliphatic rings. The number of anilines is 1. The Morgan fingerprint density at radius 2 is 1.83 bits per heavy atom. The van der Waals surface area contributed by atoms with Crippen LogP contribution in [0.2, 0.25) is 0 Å². The highest BCUT2D eigenvalue weighted by Gasteiger charge is 2.03. The molecule has 0 saturated heterocycles. The smallest absolute Gasteiger partial charge is 0.128 e. The second kappa shape index (κ2) is 6.17. The van der Waals surface area contributed by atoms with Crippen molar-refractivity contribution in [3.05, 3.63) is 59.8 Å². The predicted octanol–water partition coefficient (Wildman–Crippen LogP) is 2.22. The molecule has 0 bridgehead atoms. The zero-order valence-corrected chi connectivity index (χ0v) is 10.7. The quantitative estimate of drug-likeness (QED) is 0.872. The molecule has 1 heterocycles. The van der Waals surface area contributed by atoms with Crippen LogP contribution in [0.15, 0.2) is 48.7 Å². The van der Waals surface area contributed by atoms with Crippen molar-refractivity contribution in [3.8, 4) is 0 Å². The van der Waals surface area contributed by atoms with E-state index in [0.717, 1.165) is 18.8 Å². The van der Waals surface area contributed by atoms with E-state index in [-0.39, 0.29) is 0 Å². The minimum atomic E-state index is 0.668. The largest absolute Gasteiger partial charge is 0.355 e. The molecule has 2 rings (SSSR count). The first kappa shape index (κ1) is 12.6. The Morgan fingerprint density at radius 1 is 1.06 bits per heavy atom. The summed E-state index contributed by atoms with van der Waals surface area (Å²) in [7, 11) is 2.05. The highest BCUT2D eigenvalue weighted by Crippen LogP contribution is 2.13. The van der Waals surface area contributed by atoms with Gasteiger partial charge in [-0.25, -0.2) is 4.98 Å². The van der Waals surface area contributed by atoms with Gasteiger partial charge in [-0.3, -0.25) is 0 Å². The van der Waals surface area contributed by atoms with Crippen LogP contribution in [0.4, 0.5) is 5.82 Å². The molecule has 0 unspecified atom stereocenters. The number of benzene rings is 1. The molecular weight excluding hydrogens is 222 g/mol. The Kier molecular flexibility index (Phi) is 4.31. The topological polar surface area (TPSA) is 42.1 Å². The molecule has 0 fully saturated rings. The molecule has 2 aromatic rings. The van der Waals surface area contributed by atoms with Gasteiger partial charge < -0.3 is 10.6 Å². The Hall–Kier alpha value is -1.87. The van der Waals surface area contributed by atoms with Crippen molar-refractivity contribution in [2.24, 2.45) is 5.73 Å². The van der Waals surface area contributed by atoms with Gasteiger partial charge in [-0.2, -0.15) is 0 Å². The maximum atomic E-state index is 5.52. The SMILES string of the molecule is CN(Cc1ccccc1)c1ccc(CCN)cn1. The van der Waals surface area contributed by atoms with Crippen LogP contribution in [0.1, 0.15) is 11.1 Å². The van der Waals surface area contributed by atoms with Crippen LogP contribution in [-0.4, -0.2) is 18.6 Å². The zero-order chi connectivity index (χ0) is 12.8. The normalized spacial score (nSPS) is 10.3. The molecule has 3 heteroatoms. The van der Waals surface area contributed by atoms with Gasteiger partial charge in [-0.15, -0.1) is 0 Å². The van der Waals surface area contributed by atoms with Gasteiger partial charge >= 0.3 is 0 Å². The average molecular weight is 241 g/mol. The van der Waals surface area contributed by atoms with E-state index >= 15 is 0 Å². The van der Waals surface area contributed by atoms with Gasteiger partial charge in [0.05, 0.1) is 0 Å². The van der Waals surface area contributed by atoms with Gasteiger partial charge in [0.1, 0.15) is 5.82 Å². The van der Waals surface area contributed by atoms with Crippen molar-refractivity contribution >= 4 is 5.82 Å². The Bertz CT molecular complexity index is 465. The number of nitrogens with two attached hydrogens (primary N) is 1. The highest BCUT2D eigenvalue weighted by molar-refractivity contribution is 5.39. The van der Waals surface area contributed by atoms with Crippen molar-refractivity contribution in [1.29, 1.82) is 0 Å². The lowest BCUT2D eigenvalue weighted by molar-refractivity contribution is 0.889. The van der Waals surface area contributed by atoms with Crippen LogP contribution in [0.5, 0.6) is 0 Å². The molecule has 0 saturated carbocycles. The lowest BCUT2D eigenvalue weighted by Gasteiger charge is -2.18. The first-order chi connectivity index (χ1) is 8.79. The van der Waals surface area contributed by atoms with Gasteiger partial charge in [-0.1, -0.05) is 36.4 Å². The molecule has 0 amide bonds. The number of pyridine rings is 1. The van der Waals surface area contributed by atoms with Gasteiger partial charge in [0, 0.05) is 19.8 Å². The third-order valence-electron chi connectivity index (χ3n) is 2.90. The zero-order valence-electron chi connectivity index (χ0n) is 10.7. The van der Waals surface area contributed by atoms with E-state index < -0.39 is 0 Å². The van der Waals surface area contributed by atoms with E-state index in [1.165, 1.54) is 11.1 Å². The van der Waals surface area contributed by atoms with Gasteiger partial charge in [0.2, 0.25) is 0 Å². The first-order valence-electron chi connectivity index (χ1n) is 6.19. The number of hydrogen-bond donors (Lipinski definition) is 1. The summed E-state index contributed by atoms with van der Waals surface area (Å²) in [6.07, 6.45) is 2.79. The molecule has 1 aromatic heterocycles. The summed E-state index contributed by atoms with van der Waals surface area (Å²) in [5.74, 6) is 0.986. The van der Waals surface area contributed by atoms with E-state index in [9.17, 15) is 0 Å². The van der Waals surface area contributed by atoms with Crippen LogP contribution < -0.4 is 10.6 Å². The fourth-order valence-electron chi connectivity index (χ4n) is 1.90. The van der Waals surface area contributed by atoms with Crippen LogP contribution in [0.25, 0.3) is 0 Å². The van der Waals surface area contributed by atoms with E-state index in [1.807, 2.05) is 18.3 Å². The average Bonchev–Trinajstić information content (AvgIpc) is 2.41. The molecule has 1 aromatic carbocycles. The predicted molar refractivity (Wildman–Crippen MR) is 75.5 cm³/mol. The van der Waals surface area contributed by atoms with Crippen molar-refractivity contribution in [2.75, 3.05) is 18.5 Å². The molecular formula is C15H19N3. The molecule has 0 radical (unpaired) electrons. The fraction of sp³-hybridized carbons (Fsp3) is 0.267. The Labute approximate surface area is 108 Å². The standard InChI is InChI=1S/C15H19N3/c1-18(12-14-5-3-2-4-6-14)15-8-7-13(9-10-16)11-17-15/h2-8,11H,9-10,12,16H2,1H3. The third-order valence-corrected chi connectivity index (χ3v) is 2.90. The number of aromatic nitrogens is 1. The monoisotopic (exact) mass is 241 g/mol. The van der Waals surface area contributed by atoms with Gasteiger partial charge in [0.15, 0.2) is 0 Å². The molecule has 94 valence electrons. The maximum absolute atomic E-state index is 5.52. The summed E-state index contributed by atoms with van der Waals surface area (Å²) >= 11 is 0. The minimum Gasteiger partial charge on any atom is -0.355 e. The van der Waals surface area contributed by atoms with Crippen LogP contribution in [0.3, 0.4) is 0 Å². The summed E-state index contributed by atoms with van der Waals surface area (Å²) in [5.41, 5.74) is 8.00. The summed E-state index contributed by atoms with van der Waals surface area (Å²) in [6.45, 7) is 1.53. The van der Waals surface area contributed by atoms with Crippen LogP contribution in [-0.2, 0) is 13.0 Å². The van der Waals surface area contributed by atoms with Gasteiger partial charge in [-0.05, 0) is 30.2 Å². The van der Waals surface area contributed by atoms with E-state index in [1.54, 1.807) is 0 Å². The molecule has 0 aliphatic carbocycles. The number of rotatable bonds is 5. The number of nitrogens with zero attached hydrogens (tertiary/aromatic N) is 2. The number of hydrogen-bond acceptors (Lipinski definition) is 3. The van der Waals surface area contributed by atoms with Crippen LogP contribution >= 0.6 is 0 Å². The molecule has 2 N–H and O–H groups in total. The third kappa shape index (κ3) is 3.31. The lowest BCUT2D eigenvalue weighted by Crippen LogP contribution is -2.17. The molecule has 0 aliphatic heterocycles. The first-order valence-corrected chi connectivity index (χ1v) is 6.19. The van der Waals surface area contributed by atoms with Crippen LogP contribution in [0, 0.1) is 0 Å². The Morgan fingerprint density at radius 3 is 2.44 bits per heavy atom. The van der Waals surface area contributed by atoms with Gasteiger partial charge in [0.25, 0.3) is 0 Å². The molecule has 3 nitrogen and oxygen atoms in total. The fourth-order valence-corrected chi connectivity index (χ4v) is 1.90. The lowest BCUT2D eigenvalue weighted by atomic mass is 10.2. The summed E-state index contributed by atoms with van der Waals surface area (Å²) in [4.78, 5) is 6.60. The molecule has 0 spiro atoms. The van der Waals surface area contributed by atoms with E-state index in [2.05, 4.69) is 47.3 Å². The van der Waals surface area contributed by atoms with Crippen molar-refractivity contribution < 1.29 is 0 Å². The molecule has 0 atom stereocenters. The summed E-state index contributed by atoms with van der Waals surface area (Å²) in [5, 5.41) is 0. The minimum absolute atomic E-state index is 0.668. The van der Waals surface area contributed by atoms with Crippen molar-refractivity contribution in [2.45, 2.75) is 13.0 Å². The van der Waals surface area contributed by atoms with Crippen molar-refractivity contribution in [1.82, 2.24) is 4.98 Å². The van der Waals surface area contributed by atoms with E-state index in [0.29, 0.717) is 6.54 Å². The summed E-state index contributed by atoms with van der Waals surface area (Å²) < 4.78 is 0. The Balaban J connectivity index is 2.02. The van der Waals surface area contributed by atoms with E-state index in [4.69, 9.17) is 5.73 Å².